The van der Waals surface area contributed by atoms with Crippen molar-refractivity contribution in [2.24, 2.45) is 5.73 Å². The van der Waals surface area contributed by atoms with Gasteiger partial charge in [0.05, 0.1) is 3.79 Å². The van der Waals surface area contributed by atoms with Gasteiger partial charge in [0, 0.05) is 22.1 Å². The lowest BCUT2D eigenvalue weighted by Gasteiger charge is -2.07. The quantitative estimate of drug-likeness (QED) is 0.852. The third-order valence-electron chi connectivity index (χ3n) is 2.29. The van der Waals surface area contributed by atoms with Crippen LogP contribution in [0.15, 0.2) is 39.0 Å². The van der Waals surface area contributed by atoms with Gasteiger partial charge in [0.25, 0.3) is 10.0 Å². The second kappa shape index (κ2) is 5.80. The second-order valence-corrected chi connectivity index (χ2v) is 8.21. The number of rotatable bonds is 4. The van der Waals surface area contributed by atoms with Gasteiger partial charge in [-0.05, 0) is 46.3 Å². The summed E-state index contributed by atoms with van der Waals surface area (Å²) in [7, 11) is -3.63. The second-order valence-electron chi connectivity index (χ2n) is 3.67. The van der Waals surface area contributed by atoms with Crippen molar-refractivity contribution in [2.45, 2.75) is 11.4 Å². The number of hydrogen-bond donors (Lipinski definition) is 2. The fraction of sp³-hybridized carbons (Fsp3) is 0.0909. The smallest absolute Gasteiger partial charge is 0.263 e. The molecule has 0 aliphatic rings. The van der Waals surface area contributed by atoms with Crippen LogP contribution in [0.5, 0.6) is 0 Å². The highest BCUT2D eigenvalue weighted by atomic mass is 79.9. The average Bonchev–Trinajstić information content (AvgIpc) is 2.74. The van der Waals surface area contributed by atoms with Crippen LogP contribution in [0.1, 0.15) is 4.88 Å². The zero-order valence-corrected chi connectivity index (χ0v) is 13.5. The summed E-state index contributed by atoms with van der Waals surface area (Å²) in [6.45, 7) is 0.305. The molecule has 0 spiro atoms. The molecule has 0 atom stereocenters. The van der Waals surface area contributed by atoms with E-state index in [0.717, 1.165) is 4.88 Å². The van der Waals surface area contributed by atoms with Crippen LogP contribution in [0.25, 0.3) is 0 Å². The molecule has 2 rings (SSSR count). The summed E-state index contributed by atoms with van der Waals surface area (Å²) in [6, 6.07) is 8.00. The maximum atomic E-state index is 12.2. The van der Waals surface area contributed by atoms with Crippen molar-refractivity contribution < 1.29 is 8.42 Å². The molecule has 0 fully saturated rings. The normalized spacial score (nSPS) is 11.5. The lowest BCUT2D eigenvalue weighted by atomic mass is 10.3. The topological polar surface area (TPSA) is 72.2 Å². The van der Waals surface area contributed by atoms with E-state index in [1.807, 2.05) is 0 Å². The fourth-order valence-corrected chi connectivity index (χ4v) is 5.16. The summed E-state index contributed by atoms with van der Waals surface area (Å²) >= 11 is 10.3. The zero-order valence-electron chi connectivity index (χ0n) is 9.56. The Balaban J connectivity index is 2.31. The summed E-state index contributed by atoms with van der Waals surface area (Å²) in [6.07, 6.45) is 0. The highest BCUT2D eigenvalue weighted by Crippen LogP contribution is 2.32. The molecule has 0 unspecified atom stereocenters. The van der Waals surface area contributed by atoms with Crippen LogP contribution in [-0.2, 0) is 16.6 Å². The molecule has 1 aromatic heterocycles. The molecule has 4 nitrogen and oxygen atoms in total. The highest BCUT2D eigenvalue weighted by molar-refractivity contribution is 9.11. The van der Waals surface area contributed by atoms with Crippen molar-refractivity contribution in [3.05, 3.63) is 44.0 Å². The standard InChI is InChI=1S/C11H10BrClN2O2S2/c12-11-10(5-9(6-14)18-11)19(16,17)15-8-3-1-7(13)2-4-8/h1-5,15H,6,14H2. The average molecular weight is 382 g/mol. The lowest BCUT2D eigenvalue weighted by molar-refractivity contribution is 0.601. The third-order valence-corrected chi connectivity index (χ3v) is 6.20. The fourth-order valence-electron chi connectivity index (χ4n) is 1.41. The Bertz CT molecular complexity index is 683. The zero-order chi connectivity index (χ0) is 14.0. The molecule has 0 saturated heterocycles. The summed E-state index contributed by atoms with van der Waals surface area (Å²) in [5, 5.41) is 0.546. The summed E-state index contributed by atoms with van der Waals surface area (Å²) < 4.78 is 27.5. The molecule has 0 aliphatic carbocycles. The van der Waals surface area contributed by atoms with Gasteiger partial charge in [-0.25, -0.2) is 8.42 Å². The minimum Gasteiger partial charge on any atom is -0.326 e. The van der Waals surface area contributed by atoms with Gasteiger partial charge in [0.15, 0.2) is 0 Å². The van der Waals surface area contributed by atoms with Gasteiger partial charge in [0.1, 0.15) is 4.90 Å². The van der Waals surface area contributed by atoms with Crippen molar-refractivity contribution in [1.82, 2.24) is 0 Å². The Labute approximate surface area is 128 Å². The van der Waals surface area contributed by atoms with E-state index in [1.54, 1.807) is 30.3 Å². The van der Waals surface area contributed by atoms with Crippen LogP contribution in [0, 0.1) is 0 Å². The number of thiophene rings is 1. The van der Waals surface area contributed by atoms with Gasteiger partial charge < -0.3 is 5.73 Å². The molecule has 8 heteroatoms. The first-order chi connectivity index (χ1) is 8.92. The van der Waals surface area contributed by atoms with Crippen LogP contribution in [0.3, 0.4) is 0 Å². The molecule has 0 bridgehead atoms. The number of hydrogen-bond acceptors (Lipinski definition) is 4. The molecule has 2 aromatic rings. The predicted molar refractivity (Wildman–Crippen MR) is 82.2 cm³/mol. The van der Waals surface area contributed by atoms with E-state index < -0.39 is 10.0 Å². The maximum absolute atomic E-state index is 12.2. The van der Waals surface area contributed by atoms with Gasteiger partial charge >= 0.3 is 0 Å². The predicted octanol–water partition coefficient (Wildman–Crippen LogP) is 3.42. The van der Waals surface area contributed by atoms with E-state index in [9.17, 15) is 8.42 Å². The number of anilines is 1. The van der Waals surface area contributed by atoms with Crippen molar-refractivity contribution in [2.75, 3.05) is 4.72 Å². The van der Waals surface area contributed by atoms with Crippen molar-refractivity contribution in [3.8, 4) is 0 Å². The molecule has 3 N–H and O–H groups in total. The minimum atomic E-state index is -3.63. The van der Waals surface area contributed by atoms with Crippen molar-refractivity contribution >= 4 is 54.6 Å². The van der Waals surface area contributed by atoms with Gasteiger partial charge in [-0.15, -0.1) is 11.3 Å². The van der Waals surface area contributed by atoms with Crippen LogP contribution in [0.2, 0.25) is 5.02 Å². The van der Waals surface area contributed by atoms with Crippen LogP contribution in [-0.4, -0.2) is 8.42 Å². The van der Waals surface area contributed by atoms with Gasteiger partial charge in [-0.1, -0.05) is 11.6 Å². The molecule has 1 aromatic carbocycles. The van der Waals surface area contributed by atoms with E-state index in [-0.39, 0.29) is 4.90 Å². The Morgan fingerprint density at radius 3 is 2.47 bits per heavy atom. The Kier molecular flexibility index (Phi) is 4.52. The molecule has 0 saturated carbocycles. The van der Waals surface area contributed by atoms with Crippen molar-refractivity contribution in [1.29, 1.82) is 0 Å². The first-order valence-corrected chi connectivity index (χ1v) is 8.66. The number of sulfonamides is 1. The Morgan fingerprint density at radius 2 is 1.95 bits per heavy atom. The molecular formula is C11H10BrClN2O2S2. The molecular weight excluding hydrogens is 372 g/mol. The first-order valence-electron chi connectivity index (χ1n) is 5.19. The van der Waals surface area contributed by atoms with E-state index in [1.165, 1.54) is 11.3 Å². The molecule has 0 aliphatic heterocycles. The Morgan fingerprint density at radius 1 is 1.32 bits per heavy atom. The first kappa shape index (κ1) is 14.8. The molecule has 19 heavy (non-hydrogen) atoms. The van der Waals surface area contributed by atoms with E-state index >= 15 is 0 Å². The molecule has 102 valence electrons. The van der Waals surface area contributed by atoms with Crippen LogP contribution >= 0.6 is 38.9 Å². The molecule has 1 heterocycles. The number of benzene rings is 1. The van der Waals surface area contributed by atoms with E-state index in [4.69, 9.17) is 17.3 Å². The largest absolute Gasteiger partial charge is 0.326 e. The maximum Gasteiger partial charge on any atom is 0.263 e. The monoisotopic (exact) mass is 380 g/mol. The summed E-state index contributed by atoms with van der Waals surface area (Å²) in [5.74, 6) is 0. The number of nitrogens with one attached hydrogen (secondary N) is 1. The van der Waals surface area contributed by atoms with Crippen LogP contribution < -0.4 is 10.5 Å². The van der Waals surface area contributed by atoms with Crippen molar-refractivity contribution in [3.63, 3.8) is 0 Å². The highest BCUT2D eigenvalue weighted by Gasteiger charge is 2.20. The number of nitrogens with two attached hydrogens (primary N) is 1. The SMILES string of the molecule is NCc1cc(S(=O)(=O)Nc2ccc(Cl)cc2)c(Br)s1. The summed E-state index contributed by atoms with van der Waals surface area (Å²) in [5.41, 5.74) is 5.96. The van der Waals surface area contributed by atoms with Gasteiger partial charge in [0.2, 0.25) is 0 Å². The van der Waals surface area contributed by atoms with Crippen LogP contribution in [0.4, 0.5) is 5.69 Å². The summed E-state index contributed by atoms with van der Waals surface area (Å²) in [4.78, 5) is 0.983. The molecule has 0 radical (unpaired) electrons. The van der Waals surface area contributed by atoms with Gasteiger partial charge in [-0.3, -0.25) is 4.72 Å². The number of halogens is 2. The van der Waals surface area contributed by atoms with E-state index in [2.05, 4.69) is 20.7 Å². The third kappa shape index (κ3) is 3.49. The van der Waals surface area contributed by atoms with E-state index in [0.29, 0.717) is 21.0 Å². The molecule has 0 amide bonds. The lowest BCUT2D eigenvalue weighted by Crippen LogP contribution is -2.12. The Hall–Kier alpha value is -0.600. The van der Waals surface area contributed by atoms with Gasteiger partial charge in [-0.2, -0.15) is 0 Å². The minimum absolute atomic E-state index is 0.188.